The first-order chi connectivity index (χ1) is 26.0. The van der Waals surface area contributed by atoms with Crippen LogP contribution < -0.4 is 5.32 Å². The fourth-order valence-corrected chi connectivity index (χ4v) is 4.43. The van der Waals surface area contributed by atoms with Crippen molar-refractivity contribution in [3.05, 3.63) is 42.0 Å². The number of nitrogens with one attached hydrogen (secondary N) is 1. The quantitative estimate of drug-likeness (QED) is 0.0689. The van der Waals surface area contributed by atoms with Crippen molar-refractivity contribution in [1.29, 1.82) is 0 Å². The summed E-state index contributed by atoms with van der Waals surface area (Å²) in [5.74, 6) is -4.19. The van der Waals surface area contributed by atoms with Crippen LogP contribution in [0.2, 0.25) is 0 Å². The largest absolute Gasteiger partial charge is 0.481 e. The van der Waals surface area contributed by atoms with E-state index in [1.165, 1.54) is 7.11 Å². The van der Waals surface area contributed by atoms with Crippen molar-refractivity contribution in [3.8, 4) is 0 Å². The first kappa shape index (κ1) is 51.2. The number of amides is 1. The normalized spacial score (nSPS) is 15.2. The minimum atomic E-state index is -0.947. The maximum atomic E-state index is 12.0. The van der Waals surface area contributed by atoms with Gasteiger partial charge in [0.15, 0.2) is 0 Å². The van der Waals surface area contributed by atoms with Crippen LogP contribution in [0, 0.1) is 28.1 Å². The van der Waals surface area contributed by atoms with E-state index in [4.69, 9.17) is 24.1 Å². The average molecular weight is 792 g/mol. The lowest BCUT2D eigenvalue weighted by Gasteiger charge is -2.26. The third kappa shape index (κ3) is 18.3. The van der Waals surface area contributed by atoms with Crippen molar-refractivity contribution in [2.24, 2.45) is 28.1 Å². The molecule has 1 fully saturated rings. The molecule has 14 heteroatoms. The smallest absolute Gasteiger partial charge is 0.337 e. The standard InChI is InChI=1S/C16H26O6.C14H19NO3.C12H20O4/c1-4-16(2,3)15(20)22-10-9-21-14(19)12-8-6-5-7-11(12)13(17)18;1-5-14(2,3)13(17)15-11-8-6-10(7-9-11)12(16)18-4;1-6-12(4,5)11(14)16-8-7-15-10(13)9(2)3/h11-12H,4-10H2,1-3H3,(H,17,18);6-9H,5H2,1-4H3,(H,15,17);2,6-8H2,1,3-5H3. The van der Waals surface area contributed by atoms with Crippen molar-refractivity contribution in [2.75, 3.05) is 38.9 Å². The van der Waals surface area contributed by atoms with Crippen LogP contribution in [0.1, 0.15) is 125 Å². The van der Waals surface area contributed by atoms with E-state index in [2.05, 4.69) is 16.6 Å². The van der Waals surface area contributed by atoms with Gasteiger partial charge in [-0.3, -0.25) is 24.0 Å². The molecule has 1 amide bonds. The maximum absolute atomic E-state index is 12.0. The van der Waals surface area contributed by atoms with Crippen LogP contribution in [-0.4, -0.2) is 80.4 Å². The molecule has 1 aliphatic rings. The van der Waals surface area contributed by atoms with Gasteiger partial charge in [0, 0.05) is 16.7 Å². The lowest BCUT2D eigenvalue weighted by molar-refractivity contribution is -0.164. The third-order valence-corrected chi connectivity index (χ3v) is 9.78. The van der Waals surface area contributed by atoms with Gasteiger partial charge in [0.05, 0.1) is 35.3 Å². The van der Waals surface area contributed by atoms with E-state index in [0.29, 0.717) is 42.5 Å². The fourth-order valence-electron chi connectivity index (χ4n) is 4.43. The topological polar surface area (TPSA) is 198 Å². The van der Waals surface area contributed by atoms with Gasteiger partial charge >= 0.3 is 35.8 Å². The van der Waals surface area contributed by atoms with Gasteiger partial charge in [0.1, 0.15) is 26.4 Å². The molecular formula is C42H65NO13. The van der Waals surface area contributed by atoms with Crippen molar-refractivity contribution in [2.45, 2.75) is 114 Å². The summed E-state index contributed by atoms with van der Waals surface area (Å²) >= 11 is 0. The summed E-state index contributed by atoms with van der Waals surface area (Å²) in [6, 6.07) is 6.63. The number of ether oxygens (including phenoxy) is 5. The molecule has 14 nitrogen and oxygen atoms in total. The zero-order valence-electron chi connectivity index (χ0n) is 35.3. The van der Waals surface area contributed by atoms with Crippen LogP contribution in [0.5, 0.6) is 0 Å². The Hall–Kier alpha value is -4.75. The number of carbonyl (C=O) groups excluding carboxylic acids is 6. The van der Waals surface area contributed by atoms with Gasteiger partial charge < -0.3 is 34.1 Å². The highest BCUT2D eigenvalue weighted by Crippen LogP contribution is 2.31. The molecule has 1 aliphatic carbocycles. The van der Waals surface area contributed by atoms with Gasteiger partial charge in [0.2, 0.25) is 5.91 Å². The molecule has 0 radical (unpaired) electrons. The molecule has 316 valence electrons. The molecule has 2 unspecified atom stereocenters. The molecular weight excluding hydrogens is 726 g/mol. The van der Waals surface area contributed by atoms with Gasteiger partial charge in [0.25, 0.3) is 0 Å². The second-order valence-electron chi connectivity index (χ2n) is 15.4. The Morgan fingerprint density at radius 3 is 1.54 bits per heavy atom. The number of benzene rings is 1. The first-order valence-corrected chi connectivity index (χ1v) is 19.1. The van der Waals surface area contributed by atoms with E-state index in [1.54, 1.807) is 45.0 Å². The molecule has 0 heterocycles. The minimum absolute atomic E-state index is 0.00153. The Labute approximate surface area is 332 Å². The molecule has 1 saturated carbocycles. The number of carboxylic acid groups (broad SMARTS) is 1. The van der Waals surface area contributed by atoms with Gasteiger partial charge in [-0.1, -0.05) is 54.0 Å². The van der Waals surface area contributed by atoms with Crippen molar-refractivity contribution in [1.82, 2.24) is 0 Å². The van der Waals surface area contributed by atoms with Crippen LogP contribution in [0.15, 0.2) is 36.4 Å². The Balaban J connectivity index is 0.000000823. The number of hydrogen-bond acceptors (Lipinski definition) is 12. The van der Waals surface area contributed by atoms with Crippen LogP contribution in [0.25, 0.3) is 0 Å². The number of esters is 5. The fraction of sp³-hybridized carbons (Fsp3) is 0.643. The van der Waals surface area contributed by atoms with E-state index in [9.17, 15) is 33.6 Å². The van der Waals surface area contributed by atoms with E-state index >= 15 is 0 Å². The molecule has 0 aliphatic heterocycles. The molecule has 2 atom stereocenters. The molecule has 0 saturated heterocycles. The number of anilines is 1. The van der Waals surface area contributed by atoms with Crippen LogP contribution in [0.4, 0.5) is 5.69 Å². The third-order valence-electron chi connectivity index (χ3n) is 9.78. The second-order valence-corrected chi connectivity index (χ2v) is 15.4. The first-order valence-electron chi connectivity index (χ1n) is 19.1. The summed E-state index contributed by atoms with van der Waals surface area (Å²) in [5.41, 5.74) is 0.0286. The van der Waals surface area contributed by atoms with Crippen LogP contribution in [0.3, 0.4) is 0 Å². The SMILES string of the molecule is C=C(C)C(=O)OCCOC(=O)C(C)(C)CC.CCC(C)(C)C(=O)Nc1ccc(C(=O)OC)cc1.CCC(C)(C)C(=O)OCCOC(=O)C1CCCCC1C(=O)O. The molecule has 0 spiro atoms. The highest BCUT2D eigenvalue weighted by molar-refractivity contribution is 5.95. The summed E-state index contributed by atoms with van der Waals surface area (Å²) in [6.07, 6.45) is 4.84. The number of hydrogen-bond donors (Lipinski definition) is 2. The Bertz CT molecular complexity index is 1480. The van der Waals surface area contributed by atoms with Crippen molar-refractivity contribution >= 4 is 47.4 Å². The summed E-state index contributed by atoms with van der Waals surface area (Å²) in [6.45, 7) is 21.9. The molecule has 2 rings (SSSR count). The van der Waals surface area contributed by atoms with Crippen LogP contribution >= 0.6 is 0 Å². The molecule has 0 aromatic heterocycles. The van der Waals surface area contributed by atoms with Crippen molar-refractivity contribution < 1.29 is 62.4 Å². The Kier molecular flexibility index (Phi) is 22.6. The summed E-state index contributed by atoms with van der Waals surface area (Å²) < 4.78 is 24.5. The van der Waals surface area contributed by atoms with E-state index in [1.807, 2.05) is 48.5 Å². The highest BCUT2D eigenvalue weighted by atomic mass is 16.6. The van der Waals surface area contributed by atoms with E-state index in [0.717, 1.165) is 19.3 Å². The zero-order valence-corrected chi connectivity index (χ0v) is 35.3. The second kappa shape index (κ2) is 24.7. The Morgan fingerprint density at radius 1 is 0.696 bits per heavy atom. The number of methoxy groups -OCH3 is 1. The van der Waals surface area contributed by atoms with Gasteiger partial charge in [-0.05, 0) is 91.0 Å². The zero-order chi connectivity index (χ0) is 43.3. The number of aliphatic carboxylic acids is 1. The van der Waals surface area contributed by atoms with Crippen molar-refractivity contribution in [3.63, 3.8) is 0 Å². The molecule has 1 aromatic carbocycles. The average Bonchev–Trinajstić information content (AvgIpc) is 3.17. The number of rotatable bonds is 17. The van der Waals surface area contributed by atoms with E-state index in [-0.39, 0.29) is 50.2 Å². The highest BCUT2D eigenvalue weighted by Gasteiger charge is 2.37. The molecule has 56 heavy (non-hydrogen) atoms. The minimum Gasteiger partial charge on any atom is -0.481 e. The number of carbonyl (C=O) groups is 7. The summed E-state index contributed by atoms with van der Waals surface area (Å²) in [4.78, 5) is 80.5. The van der Waals surface area contributed by atoms with Crippen LogP contribution in [-0.2, 0) is 52.5 Å². The monoisotopic (exact) mass is 791 g/mol. The molecule has 1 aromatic rings. The molecule has 0 bridgehead atoms. The lowest BCUT2D eigenvalue weighted by atomic mass is 9.79. The predicted octanol–water partition coefficient (Wildman–Crippen LogP) is 7.33. The van der Waals surface area contributed by atoms with Gasteiger partial charge in [-0.15, -0.1) is 0 Å². The predicted molar refractivity (Wildman–Crippen MR) is 210 cm³/mol. The van der Waals surface area contributed by atoms with Gasteiger partial charge in [-0.2, -0.15) is 0 Å². The Morgan fingerprint density at radius 2 is 1.12 bits per heavy atom. The van der Waals surface area contributed by atoms with E-state index < -0.39 is 46.0 Å². The molecule has 2 N–H and O–H groups in total. The summed E-state index contributed by atoms with van der Waals surface area (Å²) in [7, 11) is 1.34. The number of carboxylic acids is 1. The lowest BCUT2D eigenvalue weighted by Crippen LogP contribution is -2.34. The maximum Gasteiger partial charge on any atom is 0.337 e. The van der Waals surface area contributed by atoms with Gasteiger partial charge in [-0.25, -0.2) is 9.59 Å². The summed E-state index contributed by atoms with van der Waals surface area (Å²) in [5, 5.41) is 12.0.